The van der Waals surface area contributed by atoms with Gasteiger partial charge in [-0.3, -0.25) is 14.5 Å². The summed E-state index contributed by atoms with van der Waals surface area (Å²) in [5.41, 5.74) is 0.621. The lowest BCUT2D eigenvalue weighted by Crippen LogP contribution is -2.45. The Morgan fingerprint density at radius 2 is 1.84 bits per heavy atom. The minimum Gasteiger partial charge on any atom is -0.467 e. The number of fused-ring (bicyclic) bond motifs is 1. The standard InChI is InChI=1S/C14H13NO4/c1-3-6-11(14(18)19-2)15-12(16)9-7-4-5-8-10(9)13(15)17/h3-5,7-8,11H,1,6H2,2H3/t11-/m0/s1. The molecule has 0 radical (unpaired) electrons. The largest absolute Gasteiger partial charge is 0.467 e. The third-order valence-corrected chi connectivity index (χ3v) is 3.00. The molecule has 2 rings (SSSR count). The maximum atomic E-state index is 12.2. The van der Waals surface area contributed by atoms with E-state index in [2.05, 4.69) is 11.3 Å². The number of carbonyl (C=O) groups excluding carboxylic acids is 3. The number of nitrogens with zero attached hydrogens (tertiary/aromatic N) is 1. The summed E-state index contributed by atoms with van der Waals surface area (Å²) in [7, 11) is 1.22. The number of hydrogen-bond acceptors (Lipinski definition) is 4. The normalized spacial score (nSPS) is 15.1. The molecule has 0 unspecified atom stereocenters. The molecule has 0 saturated carbocycles. The van der Waals surface area contributed by atoms with Gasteiger partial charge in [0, 0.05) is 0 Å². The van der Waals surface area contributed by atoms with E-state index in [4.69, 9.17) is 0 Å². The van der Waals surface area contributed by atoms with Gasteiger partial charge in [-0.25, -0.2) is 4.79 Å². The number of carbonyl (C=O) groups is 3. The highest BCUT2D eigenvalue weighted by Crippen LogP contribution is 2.26. The Morgan fingerprint density at radius 3 is 2.26 bits per heavy atom. The van der Waals surface area contributed by atoms with E-state index in [1.807, 2.05) is 0 Å². The Hall–Kier alpha value is -2.43. The molecule has 0 N–H and O–H groups in total. The zero-order chi connectivity index (χ0) is 14.0. The van der Waals surface area contributed by atoms with Crippen molar-refractivity contribution in [2.45, 2.75) is 12.5 Å². The van der Waals surface area contributed by atoms with E-state index in [0.29, 0.717) is 11.1 Å². The van der Waals surface area contributed by atoms with E-state index < -0.39 is 23.8 Å². The quantitative estimate of drug-likeness (QED) is 0.466. The summed E-state index contributed by atoms with van der Waals surface area (Å²) < 4.78 is 4.64. The second-order valence-electron chi connectivity index (χ2n) is 4.09. The average Bonchev–Trinajstić information content (AvgIpc) is 2.68. The number of hydrogen-bond donors (Lipinski definition) is 0. The van der Waals surface area contributed by atoms with Gasteiger partial charge in [-0.05, 0) is 18.6 Å². The minimum atomic E-state index is -0.963. The van der Waals surface area contributed by atoms with Gasteiger partial charge in [-0.15, -0.1) is 6.58 Å². The van der Waals surface area contributed by atoms with Gasteiger partial charge in [0.2, 0.25) is 0 Å². The molecule has 0 spiro atoms. The van der Waals surface area contributed by atoms with Gasteiger partial charge in [0.05, 0.1) is 18.2 Å². The fourth-order valence-corrected chi connectivity index (χ4v) is 2.09. The fraction of sp³-hybridized carbons (Fsp3) is 0.214. The molecule has 1 aliphatic heterocycles. The van der Waals surface area contributed by atoms with Crippen LogP contribution in [0, 0.1) is 0 Å². The Kier molecular flexibility index (Phi) is 3.46. The molecule has 0 saturated heterocycles. The van der Waals surface area contributed by atoms with Crippen molar-refractivity contribution in [1.29, 1.82) is 0 Å². The Bertz CT molecular complexity index is 529. The lowest BCUT2D eigenvalue weighted by atomic mass is 10.1. The van der Waals surface area contributed by atoms with Crippen molar-refractivity contribution < 1.29 is 19.1 Å². The molecule has 0 bridgehead atoms. The van der Waals surface area contributed by atoms with E-state index in [9.17, 15) is 14.4 Å². The van der Waals surface area contributed by atoms with Crippen molar-refractivity contribution in [3.05, 3.63) is 48.0 Å². The Labute approximate surface area is 110 Å². The number of benzene rings is 1. The highest BCUT2D eigenvalue weighted by Gasteiger charge is 2.42. The molecule has 0 fully saturated rings. The van der Waals surface area contributed by atoms with Crippen molar-refractivity contribution in [2.75, 3.05) is 7.11 Å². The minimum absolute atomic E-state index is 0.165. The summed E-state index contributed by atoms with van der Waals surface area (Å²) in [6.45, 7) is 3.53. The molecule has 0 aromatic heterocycles. The summed E-state index contributed by atoms with van der Waals surface area (Å²) in [5.74, 6) is -1.58. The number of ether oxygens (including phenoxy) is 1. The summed E-state index contributed by atoms with van der Waals surface area (Å²) in [6.07, 6.45) is 1.64. The third kappa shape index (κ3) is 2.03. The molecule has 1 aromatic rings. The maximum absolute atomic E-state index is 12.2. The van der Waals surface area contributed by atoms with Crippen LogP contribution in [-0.2, 0) is 9.53 Å². The molecule has 2 amide bonds. The molecule has 98 valence electrons. The van der Waals surface area contributed by atoms with Crippen LogP contribution < -0.4 is 0 Å². The summed E-state index contributed by atoms with van der Waals surface area (Å²) in [5, 5.41) is 0. The first-order chi connectivity index (χ1) is 9.11. The van der Waals surface area contributed by atoms with Crippen LogP contribution >= 0.6 is 0 Å². The number of methoxy groups -OCH3 is 1. The van der Waals surface area contributed by atoms with Crippen LogP contribution in [0.4, 0.5) is 0 Å². The molecule has 1 aromatic carbocycles. The van der Waals surface area contributed by atoms with Crippen molar-refractivity contribution in [1.82, 2.24) is 4.90 Å². The van der Waals surface area contributed by atoms with Crippen LogP contribution in [0.2, 0.25) is 0 Å². The van der Waals surface area contributed by atoms with Gasteiger partial charge in [-0.1, -0.05) is 18.2 Å². The zero-order valence-electron chi connectivity index (χ0n) is 10.5. The van der Waals surface area contributed by atoms with Gasteiger partial charge in [0.1, 0.15) is 6.04 Å². The molecule has 1 heterocycles. The van der Waals surface area contributed by atoms with Crippen LogP contribution in [0.1, 0.15) is 27.1 Å². The van der Waals surface area contributed by atoms with E-state index in [-0.39, 0.29) is 6.42 Å². The molecule has 5 nitrogen and oxygen atoms in total. The summed E-state index contributed by atoms with van der Waals surface area (Å²) >= 11 is 0. The Morgan fingerprint density at radius 1 is 1.32 bits per heavy atom. The van der Waals surface area contributed by atoms with E-state index >= 15 is 0 Å². The SMILES string of the molecule is C=CC[C@@H](C(=O)OC)N1C(=O)c2ccccc2C1=O. The van der Waals surface area contributed by atoms with Gasteiger partial charge >= 0.3 is 5.97 Å². The van der Waals surface area contributed by atoms with Crippen LogP contribution in [0.3, 0.4) is 0 Å². The van der Waals surface area contributed by atoms with Crippen LogP contribution in [-0.4, -0.2) is 35.8 Å². The molecule has 5 heteroatoms. The number of esters is 1. The second kappa shape index (κ2) is 5.06. The Balaban J connectivity index is 2.41. The number of imide groups is 1. The number of rotatable bonds is 4. The van der Waals surface area contributed by atoms with Crippen molar-refractivity contribution in [3.63, 3.8) is 0 Å². The van der Waals surface area contributed by atoms with Crippen LogP contribution in [0.5, 0.6) is 0 Å². The monoisotopic (exact) mass is 259 g/mol. The van der Waals surface area contributed by atoms with Crippen molar-refractivity contribution in [3.8, 4) is 0 Å². The molecule has 1 aliphatic rings. The van der Waals surface area contributed by atoms with E-state index in [1.165, 1.54) is 13.2 Å². The molecule has 19 heavy (non-hydrogen) atoms. The van der Waals surface area contributed by atoms with E-state index in [0.717, 1.165) is 4.90 Å². The molecule has 0 aliphatic carbocycles. The van der Waals surface area contributed by atoms with Crippen LogP contribution in [0.15, 0.2) is 36.9 Å². The molecular formula is C14H13NO4. The highest BCUT2D eigenvalue weighted by atomic mass is 16.5. The first-order valence-corrected chi connectivity index (χ1v) is 5.77. The average molecular weight is 259 g/mol. The molecule has 1 atom stereocenters. The topological polar surface area (TPSA) is 63.7 Å². The second-order valence-corrected chi connectivity index (χ2v) is 4.09. The predicted octanol–water partition coefficient (Wildman–Crippen LogP) is 1.40. The molecular weight excluding hydrogens is 246 g/mol. The third-order valence-electron chi connectivity index (χ3n) is 3.00. The van der Waals surface area contributed by atoms with Crippen molar-refractivity contribution >= 4 is 17.8 Å². The number of amides is 2. The smallest absolute Gasteiger partial charge is 0.329 e. The summed E-state index contributed by atoms with van der Waals surface area (Å²) in [6, 6.07) is 5.52. The summed E-state index contributed by atoms with van der Waals surface area (Å²) in [4.78, 5) is 37.1. The highest BCUT2D eigenvalue weighted by molar-refractivity contribution is 6.22. The first kappa shape index (κ1) is 13.0. The lowest BCUT2D eigenvalue weighted by Gasteiger charge is -2.22. The first-order valence-electron chi connectivity index (χ1n) is 5.77. The van der Waals surface area contributed by atoms with Gasteiger partial charge in [-0.2, -0.15) is 0 Å². The lowest BCUT2D eigenvalue weighted by molar-refractivity contribution is -0.145. The van der Waals surface area contributed by atoms with E-state index in [1.54, 1.807) is 24.3 Å². The van der Waals surface area contributed by atoms with Gasteiger partial charge < -0.3 is 4.74 Å². The zero-order valence-corrected chi connectivity index (χ0v) is 10.5. The van der Waals surface area contributed by atoms with Gasteiger partial charge in [0.15, 0.2) is 0 Å². The fourth-order valence-electron chi connectivity index (χ4n) is 2.09. The predicted molar refractivity (Wildman–Crippen MR) is 67.6 cm³/mol. The van der Waals surface area contributed by atoms with Crippen LogP contribution in [0.25, 0.3) is 0 Å². The maximum Gasteiger partial charge on any atom is 0.329 e. The van der Waals surface area contributed by atoms with Gasteiger partial charge in [0.25, 0.3) is 11.8 Å². The van der Waals surface area contributed by atoms with Crippen molar-refractivity contribution in [2.24, 2.45) is 0 Å².